The summed E-state index contributed by atoms with van der Waals surface area (Å²) in [6.45, 7) is 0. The minimum absolute atomic E-state index is 0.114. The van der Waals surface area contributed by atoms with Crippen LogP contribution in [-0.2, 0) is 0 Å². The Labute approximate surface area is 118 Å². The molecular formula is C16H16N2O2. The van der Waals surface area contributed by atoms with Crippen molar-refractivity contribution >= 4 is 23.5 Å². The van der Waals surface area contributed by atoms with Crippen LogP contribution in [0.15, 0.2) is 48.5 Å². The Bertz CT molecular complexity index is 634. The van der Waals surface area contributed by atoms with Crippen LogP contribution in [0, 0.1) is 10.1 Å². The van der Waals surface area contributed by atoms with Crippen molar-refractivity contribution in [1.82, 2.24) is 0 Å². The molecule has 0 aliphatic heterocycles. The molecule has 2 aromatic carbocycles. The topological polar surface area (TPSA) is 46.4 Å². The summed E-state index contributed by atoms with van der Waals surface area (Å²) in [7, 11) is 3.72. The second-order valence-electron chi connectivity index (χ2n) is 4.64. The van der Waals surface area contributed by atoms with E-state index in [1.165, 1.54) is 0 Å². The van der Waals surface area contributed by atoms with E-state index >= 15 is 0 Å². The molecule has 0 radical (unpaired) electrons. The highest BCUT2D eigenvalue weighted by molar-refractivity contribution is 5.75. The van der Waals surface area contributed by atoms with Crippen molar-refractivity contribution in [2.24, 2.45) is 0 Å². The van der Waals surface area contributed by atoms with E-state index in [0.29, 0.717) is 5.56 Å². The van der Waals surface area contributed by atoms with Crippen LogP contribution in [0.2, 0.25) is 0 Å². The quantitative estimate of drug-likeness (QED) is 0.481. The van der Waals surface area contributed by atoms with Gasteiger partial charge in [0.1, 0.15) is 0 Å². The van der Waals surface area contributed by atoms with Crippen molar-refractivity contribution in [3.63, 3.8) is 0 Å². The molecule has 0 fully saturated rings. The van der Waals surface area contributed by atoms with Gasteiger partial charge in [-0.2, -0.15) is 0 Å². The maximum absolute atomic E-state index is 11.2. The number of benzene rings is 2. The highest BCUT2D eigenvalue weighted by Gasteiger charge is 2.13. The Hall–Kier alpha value is -2.62. The molecule has 0 saturated carbocycles. The highest BCUT2D eigenvalue weighted by atomic mass is 16.6. The second-order valence-corrected chi connectivity index (χ2v) is 4.64. The Morgan fingerprint density at radius 3 is 2.35 bits per heavy atom. The van der Waals surface area contributed by atoms with E-state index in [9.17, 15) is 10.1 Å². The monoisotopic (exact) mass is 268 g/mol. The van der Waals surface area contributed by atoms with Gasteiger partial charge in [0.15, 0.2) is 0 Å². The number of nitrogens with zero attached hydrogens (tertiary/aromatic N) is 2. The van der Waals surface area contributed by atoms with Crippen molar-refractivity contribution in [3.05, 3.63) is 69.8 Å². The average molecular weight is 268 g/mol. The fourth-order valence-electron chi connectivity index (χ4n) is 1.86. The van der Waals surface area contributed by atoms with Gasteiger partial charge >= 0.3 is 0 Å². The molecule has 0 amide bonds. The first-order valence-electron chi connectivity index (χ1n) is 6.27. The number of rotatable bonds is 4. The molecule has 0 heterocycles. The summed E-state index contributed by atoms with van der Waals surface area (Å²) in [5.41, 5.74) is 2.54. The van der Waals surface area contributed by atoms with Crippen LogP contribution in [0.5, 0.6) is 0 Å². The van der Waals surface area contributed by atoms with Gasteiger partial charge in [0.2, 0.25) is 0 Å². The zero-order valence-corrected chi connectivity index (χ0v) is 11.5. The maximum Gasteiger partial charge on any atom is 0.278 e. The summed E-state index contributed by atoms with van der Waals surface area (Å²) in [5.74, 6) is 0. The fraction of sp³-hybridized carbons (Fsp3) is 0.125. The van der Waals surface area contributed by atoms with Crippen LogP contribution in [0.25, 0.3) is 12.2 Å². The second kappa shape index (κ2) is 6.02. The van der Waals surface area contributed by atoms with Gasteiger partial charge in [-0.15, -0.1) is 0 Å². The first kappa shape index (κ1) is 13.8. The highest BCUT2D eigenvalue weighted by Crippen LogP contribution is 2.26. The van der Waals surface area contributed by atoms with Crippen LogP contribution >= 0.6 is 0 Å². The maximum atomic E-state index is 11.2. The molecule has 0 spiro atoms. The zero-order chi connectivity index (χ0) is 14.5. The third-order valence-electron chi connectivity index (χ3n) is 2.98. The van der Waals surface area contributed by atoms with Gasteiger partial charge in [0, 0.05) is 25.8 Å². The summed E-state index contributed by atoms with van der Waals surface area (Å²) in [6, 6.07) is 14.9. The predicted octanol–water partition coefficient (Wildman–Crippen LogP) is 3.83. The molecule has 0 bridgehead atoms. The molecule has 20 heavy (non-hydrogen) atoms. The normalized spacial score (nSPS) is 10.7. The smallest absolute Gasteiger partial charge is 0.278 e. The number of nitro groups is 1. The van der Waals surface area contributed by atoms with Gasteiger partial charge in [-0.3, -0.25) is 10.1 Å². The predicted molar refractivity (Wildman–Crippen MR) is 82.8 cm³/mol. The molecule has 4 heteroatoms. The SMILES string of the molecule is CN(C)c1ccc(/C=C/c2ccccc2)c([N+](=O)[O-])c1. The van der Waals surface area contributed by atoms with Gasteiger partial charge in [0.25, 0.3) is 5.69 Å². The molecule has 2 aromatic rings. The molecule has 0 aromatic heterocycles. The Morgan fingerprint density at radius 1 is 1.05 bits per heavy atom. The number of nitro benzene ring substituents is 1. The van der Waals surface area contributed by atoms with Gasteiger partial charge in [-0.25, -0.2) is 0 Å². The van der Waals surface area contributed by atoms with Crippen LogP contribution < -0.4 is 4.90 Å². The molecular weight excluding hydrogens is 252 g/mol. The molecule has 102 valence electrons. The van der Waals surface area contributed by atoms with E-state index in [1.807, 2.05) is 61.5 Å². The van der Waals surface area contributed by atoms with Crippen molar-refractivity contribution in [2.75, 3.05) is 19.0 Å². The molecule has 0 unspecified atom stereocenters. The lowest BCUT2D eigenvalue weighted by atomic mass is 10.1. The van der Waals surface area contributed by atoms with E-state index in [4.69, 9.17) is 0 Å². The summed E-state index contributed by atoms with van der Waals surface area (Å²) < 4.78 is 0. The lowest BCUT2D eigenvalue weighted by molar-refractivity contribution is -0.385. The minimum atomic E-state index is -0.350. The Morgan fingerprint density at radius 2 is 1.75 bits per heavy atom. The number of anilines is 1. The van der Waals surface area contributed by atoms with Crippen molar-refractivity contribution < 1.29 is 4.92 Å². The third-order valence-corrected chi connectivity index (χ3v) is 2.98. The van der Waals surface area contributed by atoms with Gasteiger partial charge in [-0.05, 0) is 23.8 Å². The fourth-order valence-corrected chi connectivity index (χ4v) is 1.86. The van der Waals surface area contributed by atoms with E-state index in [2.05, 4.69) is 0 Å². The van der Waals surface area contributed by atoms with Crippen LogP contribution in [0.4, 0.5) is 11.4 Å². The molecule has 0 N–H and O–H groups in total. The molecule has 0 saturated heterocycles. The Balaban J connectivity index is 2.36. The standard InChI is InChI=1S/C16H16N2O2/c1-17(2)15-11-10-14(16(12-15)18(19)20)9-8-13-6-4-3-5-7-13/h3-12H,1-2H3/b9-8+. The summed E-state index contributed by atoms with van der Waals surface area (Å²) in [6.07, 6.45) is 3.64. The van der Waals surface area contributed by atoms with Crippen molar-refractivity contribution in [2.45, 2.75) is 0 Å². The van der Waals surface area contributed by atoms with E-state index in [1.54, 1.807) is 18.2 Å². The number of hydrogen-bond donors (Lipinski definition) is 0. The molecule has 0 aliphatic carbocycles. The zero-order valence-electron chi connectivity index (χ0n) is 11.5. The lowest BCUT2D eigenvalue weighted by Crippen LogP contribution is -2.09. The molecule has 0 atom stereocenters. The molecule has 4 nitrogen and oxygen atoms in total. The van der Waals surface area contributed by atoms with Crippen molar-refractivity contribution in [3.8, 4) is 0 Å². The van der Waals surface area contributed by atoms with E-state index in [0.717, 1.165) is 11.3 Å². The van der Waals surface area contributed by atoms with Gasteiger partial charge < -0.3 is 4.90 Å². The third kappa shape index (κ3) is 3.23. The minimum Gasteiger partial charge on any atom is -0.377 e. The van der Waals surface area contributed by atoms with Crippen LogP contribution in [0.1, 0.15) is 11.1 Å². The van der Waals surface area contributed by atoms with Gasteiger partial charge in [0.05, 0.1) is 10.5 Å². The summed E-state index contributed by atoms with van der Waals surface area (Å²) in [4.78, 5) is 12.7. The van der Waals surface area contributed by atoms with Crippen molar-refractivity contribution in [1.29, 1.82) is 0 Å². The van der Waals surface area contributed by atoms with E-state index in [-0.39, 0.29) is 10.6 Å². The summed E-state index contributed by atoms with van der Waals surface area (Å²) in [5, 5.41) is 11.2. The lowest BCUT2D eigenvalue weighted by Gasteiger charge is -2.12. The van der Waals surface area contributed by atoms with Crippen LogP contribution in [-0.4, -0.2) is 19.0 Å². The average Bonchev–Trinajstić information content (AvgIpc) is 2.45. The summed E-state index contributed by atoms with van der Waals surface area (Å²) >= 11 is 0. The van der Waals surface area contributed by atoms with Crippen LogP contribution in [0.3, 0.4) is 0 Å². The number of hydrogen-bond acceptors (Lipinski definition) is 3. The molecule has 0 aliphatic rings. The van der Waals surface area contributed by atoms with E-state index < -0.39 is 0 Å². The first-order chi connectivity index (χ1) is 9.58. The van der Waals surface area contributed by atoms with Gasteiger partial charge in [-0.1, -0.05) is 36.4 Å². The first-order valence-corrected chi connectivity index (χ1v) is 6.27. The Kier molecular flexibility index (Phi) is 4.15. The largest absolute Gasteiger partial charge is 0.377 e. The molecule has 2 rings (SSSR count).